The Balaban J connectivity index is 1.48. The lowest BCUT2D eigenvalue weighted by atomic mass is 10.1. The average Bonchev–Trinajstić information content (AvgIpc) is 3.35. The molecule has 132 valence electrons. The van der Waals surface area contributed by atoms with Gasteiger partial charge in [-0.3, -0.25) is 14.9 Å². The highest BCUT2D eigenvalue weighted by molar-refractivity contribution is 5.95. The van der Waals surface area contributed by atoms with Crippen molar-refractivity contribution in [1.82, 2.24) is 15.3 Å². The molecule has 1 heterocycles. The van der Waals surface area contributed by atoms with Crippen molar-refractivity contribution in [3.63, 3.8) is 0 Å². The van der Waals surface area contributed by atoms with Gasteiger partial charge in [0.15, 0.2) is 0 Å². The number of amides is 1. The zero-order chi connectivity index (χ0) is 18.1. The average molecular weight is 351 g/mol. The molecule has 0 radical (unpaired) electrons. The first kappa shape index (κ1) is 16.1. The predicted octanol–water partition coefficient (Wildman–Crippen LogP) is 2.98. The van der Waals surface area contributed by atoms with Crippen LogP contribution in [0.15, 0.2) is 42.5 Å². The molecule has 0 bridgehead atoms. The third-order valence-corrected chi connectivity index (χ3v) is 4.25. The maximum absolute atomic E-state index is 12.4. The van der Waals surface area contributed by atoms with Crippen LogP contribution in [0.1, 0.15) is 29.0 Å². The summed E-state index contributed by atoms with van der Waals surface area (Å²) in [4.78, 5) is 30.7. The van der Waals surface area contributed by atoms with Crippen LogP contribution in [0.2, 0.25) is 0 Å². The summed E-state index contributed by atoms with van der Waals surface area (Å²) in [6, 6.07) is 12.4. The van der Waals surface area contributed by atoms with Crippen LogP contribution < -0.4 is 10.6 Å². The summed E-state index contributed by atoms with van der Waals surface area (Å²) in [6.07, 6.45) is 2.02. The molecule has 3 N–H and O–H groups in total. The number of nitrogens with one attached hydrogen (secondary N) is 3. The van der Waals surface area contributed by atoms with Crippen LogP contribution >= 0.6 is 0 Å². The van der Waals surface area contributed by atoms with E-state index >= 15 is 0 Å². The number of aromatic nitrogens is 2. The first-order valence-corrected chi connectivity index (χ1v) is 8.37. The lowest BCUT2D eigenvalue weighted by Crippen LogP contribution is -2.23. The van der Waals surface area contributed by atoms with Gasteiger partial charge in [-0.2, -0.15) is 0 Å². The molecule has 26 heavy (non-hydrogen) atoms. The molecule has 0 spiro atoms. The Morgan fingerprint density at radius 1 is 1.27 bits per heavy atom. The number of anilines is 1. The van der Waals surface area contributed by atoms with Gasteiger partial charge in [0.2, 0.25) is 0 Å². The number of carbonyl (C=O) groups is 1. The molecule has 0 aliphatic heterocycles. The molecule has 0 atom stereocenters. The van der Waals surface area contributed by atoms with E-state index in [1.165, 1.54) is 6.07 Å². The van der Waals surface area contributed by atoms with Crippen LogP contribution in [0.4, 0.5) is 11.4 Å². The molecule has 2 aromatic carbocycles. The van der Waals surface area contributed by atoms with Gasteiger partial charge < -0.3 is 15.6 Å². The van der Waals surface area contributed by atoms with Crippen LogP contribution in [0.3, 0.4) is 0 Å². The van der Waals surface area contributed by atoms with Crippen molar-refractivity contribution in [2.75, 3.05) is 5.32 Å². The Hall–Kier alpha value is -3.42. The highest BCUT2D eigenvalue weighted by Crippen LogP contribution is 2.31. The number of hydrogen-bond donors (Lipinski definition) is 3. The van der Waals surface area contributed by atoms with E-state index in [9.17, 15) is 14.9 Å². The third-order valence-electron chi connectivity index (χ3n) is 4.25. The zero-order valence-electron chi connectivity index (χ0n) is 13.9. The van der Waals surface area contributed by atoms with E-state index in [-0.39, 0.29) is 23.7 Å². The minimum Gasteiger partial charge on any atom is -0.377 e. The summed E-state index contributed by atoms with van der Waals surface area (Å²) in [5.74, 6) is 0.243. The monoisotopic (exact) mass is 351 g/mol. The molecule has 4 rings (SSSR count). The number of nitro groups is 1. The maximum atomic E-state index is 12.4. The van der Waals surface area contributed by atoms with Crippen molar-refractivity contribution >= 4 is 28.3 Å². The first-order valence-electron chi connectivity index (χ1n) is 8.37. The van der Waals surface area contributed by atoms with E-state index in [2.05, 4.69) is 20.6 Å². The summed E-state index contributed by atoms with van der Waals surface area (Å²) >= 11 is 0. The summed E-state index contributed by atoms with van der Waals surface area (Å²) < 4.78 is 0. The SMILES string of the molecule is O=C(NCc1nc2ccccc2[nH]1)c1ccc(NC2CC2)c([N+](=O)[O-])c1. The molecule has 1 aliphatic rings. The Kier molecular flexibility index (Phi) is 4.00. The topological polar surface area (TPSA) is 113 Å². The van der Waals surface area contributed by atoms with Crippen LogP contribution in [0, 0.1) is 10.1 Å². The van der Waals surface area contributed by atoms with Crippen molar-refractivity contribution in [2.45, 2.75) is 25.4 Å². The summed E-state index contributed by atoms with van der Waals surface area (Å²) in [5, 5.41) is 17.2. The van der Waals surface area contributed by atoms with Gasteiger partial charge in [-0.1, -0.05) is 12.1 Å². The molecule has 1 saturated carbocycles. The van der Waals surface area contributed by atoms with Gasteiger partial charge in [0, 0.05) is 17.7 Å². The third kappa shape index (κ3) is 3.34. The number of aromatic amines is 1. The smallest absolute Gasteiger partial charge is 0.293 e. The predicted molar refractivity (Wildman–Crippen MR) is 97.0 cm³/mol. The number of benzene rings is 2. The first-order chi connectivity index (χ1) is 12.6. The molecule has 1 amide bonds. The van der Waals surface area contributed by atoms with Crippen molar-refractivity contribution in [1.29, 1.82) is 0 Å². The normalized spacial score (nSPS) is 13.5. The van der Waals surface area contributed by atoms with Gasteiger partial charge in [0.25, 0.3) is 11.6 Å². The van der Waals surface area contributed by atoms with E-state index in [0.29, 0.717) is 17.6 Å². The fourth-order valence-electron chi connectivity index (χ4n) is 2.75. The molecule has 1 aromatic heterocycles. The second-order valence-electron chi connectivity index (χ2n) is 6.29. The van der Waals surface area contributed by atoms with Crippen molar-refractivity contribution < 1.29 is 9.72 Å². The second kappa shape index (κ2) is 6.47. The lowest BCUT2D eigenvalue weighted by molar-refractivity contribution is -0.384. The van der Waals surface area contributed by atoms with Crippen molar-refractivity contribution in [3.05, 3.63) is 64.0 Å². The Bertz CT molecular complexity index is 960. The molecule has 1 fully saturated rings. The Labute approximate surface area is 148 Å². The number of nitro benzene ring substituents is 1. The molecule has 0 saturated heterocycles. The molecule has 1 aliphatic carbocycles. The van der Waals surface area contributed by atoms with Crippen LogP contribution in [-0.4, -0.2) is 26.8 Å². The number of fused-ring (bicyclic) bond motifs is 1. The number of hydrogen-bond acceptors (Lipinski definition) is 5. The maximum Gasteiger partial charge on any atom is 0.293 e. The standard InChI is InChI=1S/C18H17N5O3/c24-18(19-10-17-21-13-3-1-2-4-14(13)22-17)11-5-8-15(20-12-6-7-12)16(9-11)23(25)26/h1-5,8-9,12,20H,6-7,10H2,(H,19,24)(H,21,22). The van der Waals surface area contributed by atoms with Gasteiger partial charge in [-0.15, -0.1) is 0 Å². The number of carbonyl (C=O) groups excluding carboxylic acids is 1. The summed E-state index contributed by atoms with van der Waals surface area (Å²) in [6.45, 7) is 0.212. The van der Waals surface area contributed by atoms with Crippen LogP contribution in [0.5, 0.6) is 0 Å². The summed E-state index contributed by atoms with van der Waals surface area (Å²) in [5.41, 5.74) is 2.32. The van der Waals surface area contributed by atoms with Crippen molar-refractivity contribution in [3.8, 4) is 0 Å². The fraction of sp³-hybridized carbons (Fsp3) is 0.222. The number of imidazole rings is 1. The number of rotatable bonds is 6. The highest BCUT2D eigenvalue weighted by atomic mass is 16.6. The highest BCUT2D eigenvalue weighted by Gasteiger charge is 2.25. The number of H-pyrrole nitrogens is 1. The van der Waals surface area contributed by atoms with Gasteiger partial charge in [0.1, 0.15) is 11.5 Å². The molecular weight excluding hydrogens is 334 g/mol. The van der Waals surface area contributed by atoms with Gasteiger partial charge >= 0.3 is 0 Å². The second-order valence-corrected chi connectivity index (χ2v) is 6.29. The van der Waals surface area contributed by atoms with E-state index in [4.69, 9.17) is 0 Å². The van der Waals surface area contributed by atoms with Gasteiger partial charge in [0.05, 0.1) is 22.5 Å². The Morgan fingerprint density at radius 3 is 2.81 bits per heavy atom. The van der Waals surface area contributed by atoms with E-state index in [0.717, 1.165) is 23.9 Å². The molecular formula is C18H17N5O3. The fourth-order valence-corrected chi connectivity index (χ4v) is 2.75. The van der Waals surface area contributed by atoms with E-state index < -0.39 is 4.92 Å². The van der Waals surface area contributed by atoms with E-state index in [1.807, 2.05) is 24.3 Å². The van der Waals surface area contributed by atoms with Crippen molar-refractivity contribution in [2.24, 2.45) is 0 Å². The number of para-hydroxylation sites is 2. The van der Waals surface area contributed by atoms with Gasteiger partial charge in [-0.25, -0.2) is 4.98 Å². The molecule has 3 aromatic rings. The van der Waals surface area contributed by atoms with Crippen LogP contribution in [0.25, 0.3) is 11.0 Å². The largest absolute Gasteiger partial charge is 0.377 e. The molecule has 0 unspecified atom stereocenters. The zero-order valence-corrected chi connectivity index (χ0v) is 13.9. The minimum atomic E-state index is -0.471. The molecule has 8 nitrogen and oxygen atoms in total. The lowest BCUT2D eigenvalue weighted by Gasteiger charge is -2.08. The molecule has 8 heteroatoms. The summed E-state index contributed by atoms with van der Waals surface area (Å²) in [7, 11) is 0. The van der Waals surface area contributed by atoms with E-state index in [1.54, 1.807) is 12.1 Å². The number of nitrogens with zero attached hydrogens (tertiary/aromatic N) is 2. The minimum absolute atomic E-state index is 0.0895. The Morgan fingerprint density at radius 2 is 2.08 bits per heavy atom. The quantitative estimate of drug-likeness (QED) is 0.467. The van der Waals surface area contributed by atoms with Gasteiger partial charge in [-0.05, 0) is 37.1 Å². The van der Waals surface area contributed by atoms with Crippen LogP contribution in [-0.2, 0) is 6.54 Å².